The molecule has 1 heterocycles. The SMILES string of the molecule is Cc1cc(NC(C)CC(=O)O)cc(C)n1. The number of nitrogens with zero attached hydrogens (tertiary/aromatic N) is 1. The fourth-order valence-corrected chi connectivity index (χ4v) is 1.52. The van der Waals surface area contributed by atoms with Crippen LogP contribution in [0.5, 0.6) is 0 Å². The largest absolute Gasteiger partial charge is 0.481 e. The highest BCUT2D eigenvalue weighted by molar-refractivity contribution is 5.68. The highest BCUT2D eigenvalue weighted by Gasteiger charge is 2.07. The molecule has 0 aliphatic heterocycles. The van der Waals surface area contributed by atoms with Gasteiger partial charge in [-0.05, 0) is 32.9 Å². The van der Waals surface area contributed by atoms with E-state index in [0.717, 1.165) is 17.1 Å². The van der Waals surface area contributed by atoms with Gasteiger partial charge in [0.05, 0.1) is 6.42 Å². The van der Waals surface area contributed by atoms with Gasteiger partial charge in [0.2, 0.25) is 0 Å². The Hall–Kier alpha value is -1.58. The zero-order chi connectivity index (χ0) is 11.4. The van der Waals surface area contributed by atoms with Crippen molar-refractivity contribution < 1.29 is 9.90 Å². The number of carboxylic acids is 1. The number of hydrogen-bond donors (Lipinski definition) is 2. The average molecular weight is 208 g/mol. The minimum atomic E-state index is -0.794. The van der Waals surface area contributed by atoms with E-state index in [9.17, 15) is 4.79 Å². The van der Waals surface area contributed by atoms with Crippen LogP contribution in [0.25, 0.3) is 0 Å². The summed E-state index contributed by atoms with van der Waals surface area (Å²) >= 11 is 0. The summed E-state index contributed by atoms with van der Waals surface area (Å²) in [6, 6.07) is 3.74. The van der Waals surface area contributed by atoms with Gasteiger partial charge in [-0.2, -0.15) is 0 Å². The first-order chi connectivity index (χ1) is 6.97. The smallest absolute Gasteiger partial charge is 0.305 e. The third kappa shape index (κ3) is 3.97. The van der Waals surface area contributed by atoms with Crippen LogP contribution in [0.15, 0.2) is 12.1 Å². The van der Waals surface area contributed by atoms with Crippen LogP contribution in [0.1, 0.15) is 24.7 Å². The summed E-state index contributed by atoms with van der Waals surface area (Å²) in [5, 5.41) is 11.8. The molecule has 4 heteroatoms. The number of aryl methyl sites for hydroxylation is 2. The first-order valence-electron chi connectivity index (χ1n) is 4.91. The molecule has 0 spiro atoms. The molecule has 1 aromatic rings. The second-order valence-electron chi connectivity index (χ2n) is 3.78. The summed E-state index contributed by atoms with van der Waals surface area (Å²) in [6.07, 6.45) is 0.112. The van der Waals surface area contributed by atoms with E-state index in [2.05, 4.69) is 10.3 Å². The summed E-state index contributed by atoms with van der Waals surface area (Å²) in [7, 11) is 0. The van der Waals surface area contributed by atoms with E-state index in [0.29, 0.717) is 0 Å². The molecule has 0 aliphatic rings. The molecule has 1 unspecified atom stereocenters. The fraction of sp³-hybridized carbons (Fsp3) is 0.455. The van der Waals surface area contributed by atoms with E-state index in [1.807, 2.05) is 32.9 Å². The molecule has 2 N–H and O–H groups in total. The van der Waals surface area contributed by atoms with Crippen LogP contribution in [-0.2, 0) is 4.79 Å². The van der Waals surface area contributed by atoms with E-state index < -0.39 is 5.97 Å². The Morgan fingerprint density at radius 2 is 2.00 bits per heavy atom. The van der Waals surface area contributed by atoms with E-state index in [-0.39, 0.29) is 12.5 Å². The van der Waals surface area contributed by atoms with Gasteiger partial charge in [-0.15, -0.1) is 0 Å². The number of pyridine rings is 1. The van der Waals surface area contributed by atoms with Gasteiger partial charge >= 0.3 is 5.97 Å². The first kappa shape index (κ1) is 11.5. The summed E-state index contributed by atoms with van der Waals surface area (Å²) < 4.78 is 0. The Balaban J connectivity index is 2.67. The molecule has 1 rings (SSSR count). The molecule has 0 radical (unpaired) electrons. The second-order valence-corrected chi connectivity index (χ2v) is 3.78. The van der Waals surface area contributed by atoms with Crippen LogP contribution >= 0.6 is 0 Å². The van der Waals surface area contributed by atoms with Gasteiger partial charge in [0, 0.05) is 23.1 Å². The summed E-state index contributed by atoms with van der Waals surface area (Å²) in [5.74, 6) is -0.794. The normalized spacial score (nSPS) is 12.2. The van der Waals surface area contributed by atoms with Crippen LogP contribution in [0.2, 0.25) is 0 Å². The number of anilines is 1. The van der Waals surface area contributed by atoms with Crippen molar-refractivity contribution in [3.05, 3.63) is 23.5 Å². The lowest BCUT2D eigenvalue weighted by Crippen LogP contribution is -2.19. The fourth-order valence-electron chi connectivity index (χ4n) is 1.52. The van der Waals surface area contributed by atoms with Crippen LogP contribution in [0.4, 0.5) is 5.69 Å². The Labute approximate surface area is 89.3 Å². The molecule has 0 aromatic carbocycles. The van der Waals surface area contributed by atoms with Gasteiger partial charge in [-0.25, -0.2) is 0 Å². The average Bonchev–Trinajstić information content (AvgIpc) is 1.98. The molecule has 82 valence electrons. The third-order valence-corrected chi connectivity index (χ3v) is 1.98. The van der Waals surface area contributed by atoms with Crippen molar-refractivity contribution in [3.63, 3.8) is 0 Å². The van der Waals surface area contributed by atoms with Gasteiger partial charge in [0.25, 0.3) is 0 Å². The second kappa shape index (κ2) is 4.77. The number of hydrogen-bond acceptors (Lipinski definition) is 3. The van der Waals surface area contributed by atoms with Crippen LogP contribution in [-0.4, -0.2) is 22.1 Å². The van der Waals surface area contributed by atoms with Crippen molar-refractivity contribution in [1.82, 2.24) is 4.98 Å². The molecule has 1 atom stereocenters. The van der Waals surface area contributed by atoms with Crippen molar-refractivity contribution in [2.75, 3.05) is 5.32 Å². The Morgan fingerprint density at radius 3 is 2.47 bits per heavy atom. The zero-order valence-electron chi connectivity index (χ0n) is 9.24. The maximum Gasteiger partial charge on any atom is 0.305 e. The molecule has 1 aromatic heterocycles. The van der Waals surface area contributed by atoms with E-state index in [1.54, 1.807) is 0 Å². The predicted molar refractivity (Wildman–Crippen MR) is 59.0 cm³/mol. The molecular formula is C11H16N2O2. The number of rotatable bonds is 4. The van der Waals surface area contributed by atoms with Gasteiger partial charge in [0.15, 0.2) is 0 Å². The summed E-state index contributed by atoms with van der Waals surface area (Å²) in [5.41, 5.74) is 2.79. The Morgan fingerprint density at radius 1 is 1.47 bits per heavy atom. The maximum atomic E-state index is 10.5. The number of aromatic nitrogens is 1. The summed E-state index contributed by atoms with van der Waals surface area (Å²) in [6.45, 7) is 5.68. The molecule has 0 saturated heterocycles. The lowest BCUT2D eigenvalue weighted by atomic mass is 10.2. The number of aliphatic carboxylic acids is 1. The van der Waals surface area contributed by atoms with Crippen LogP contribution in [0, 0.1) is 13.8 Å². The quantitative estimate of drug-likeness (QED) is 0.794. The Kier molecular flexibility index (Phi) is 3.66. The van der Waals surface area contributed by atoms with Crippen LogP contribution < -0.4 is 5.32 Å². The highest BCUT2D eigenvalue weighted by atomic mass is 16.4. The van der Waals surface area contributed by atoms with Gasteiger partial charge in [-0.1, -0.05) is 0 Å². The first-order valence-corrected chi connectivity index (χ1v) is 4.91. The number of carboxylic acid groups (broad SMARTS) is 1. The van der Waals surface area contributed by atoms with Crippen molar-refractivity contribution in [3.8, 4) is 0 Å². The van der Waals surface area contributed by atoms with E-state index in [1.165, 1.54) is 0 Å². The topological polar surface area (TPSA) is 62.2 Å². The van der Waals surface area contributed by atoms with Crippen LogP contribution in [0.3, 0.4) is 0 Å². The standard InChI is InChI=1S/C11H16N2O2/c1-7-4-10(5-8(2)12-7)13-9(3)6-11(14)15/h4-5,9H,6H2,1-3H3,(H,12,13)(H,14,15). The third-order valence-electron chi connectivity index (χ3n) is 1.98. The molecule has 0 aliphatic carbocycles. The predicted octanol–water partition coefficient (Wildman–Crippen LogP) is 1.97. The summed E-state index contributed by atoms with van der Waals surface area (Å²) in [4.78, 5) is 14.7. The lowest BCUT2D eigenvalue weighted by molar-refractivity contribution is -0.137. The monoisotopic (exact) mass is 208 g/mol. The van der Waals surface area contributed by atoms with Crippen molar-refractivity contribution in [1.29, 1.82) is 0 Å². The van der Waals surface area contributed by atoms with Gasteiger partial charge < -0.3 is 10.4 Å². The molecule has 4 nitrogen and oxygen atoms in total. The van der Waals surface area contributed by atoms with Crippen molar-refractivity contribution >= 4 is 11.7 Å². The minimum absolute atomic E-state index is 0.0799. The van der Waals surface area contributed by atoms with E-state index in [4.69, 9.17) is 5.11 Å². The van der Waals surface area contributed by atoms with Crippen molar-refractivity contribution in [2.24, 2.45) is 0 Å². The van der Waals surface area contributed by atoms with Gasteiger partial charge in [-0.3, -0.25) is 9.78 Å². The maximum absolute atomic E-state index is 10.5. The molecule has 0 fully saturated rings. The molecule has 0 saturated carbocycles. The number of carbonyl (C=O) groups is 1. The molecule has 0 bridgehead atoms. The zero-order valence-corrected chi connectivity index (χ0v) is 9.24. The van der Waals surface area contributed by atoms with E-state index >= 15 is 0 Å². The minimum Gasteiger partial charge on any atom is -0.481 e. The Bertz CT molecular complexity index is 343. The molecule has 0 amide bonds. The van der Waals surface area contributed by atoms with Gasteiger partial charge in [0.1, 0.15) is 0 Å². The number of nitrogens with one attached hydrogen (secondary N) is 1. The lowest BCUT2D eigenvalue weighted by Gasteiger charge is -2.13. The molecular weight excluding hydrogens is 192 g/mol. The molecule has 15 heavy (non-hydrogen) atoms. The van der Waals surface area contributed by atoms with Crippen molar-refractivity contribution in [2.45, 2.75) is 33.2 Å². The highest BCUT2D eigenvalue weighted by Crippen LogP contribution is 2.12.